The van der Waals surface area contributed by atoms with Gasteiger partial charge in [-0.2, -0.15) is 0 Å². The fourth-order valence-electron chi connectivity index (χ4n) is 6.81. The van der Waals surface area contributed by atoms with Gasteiger partial charge in [0.1, 0.15) is 12.1 Å². The Bertz CT molecular complexity index is 840. The molecule has 1 saturated heterocycles. The zero-order chi connectivity index (χ0) is 21.0. The molecule has 7 nitrogen and oxygen atoms in total. The van der Waals surface area contributed by atoms with Crippen LogP contribution in [0.5, 0.6) is 0 Å². The van der Waals surface area contributed by atoms with Crippen molar-refractivity contribution in [3.63, 3.8) is 0 Å². The number of piperazine rings is 1. The molecule has 1 aliphatic heterocycles. The van der Waals surface area contributed by atoms with E-state index in [1.54, 1.807) is 0 Å². The van der Waals surface area contributed by atoms with Crippen LogP contribution in [-0.4, -0.2) is 58.1 Å². The molecule has 6 rings (SSSR count). The number of imide groups is 1. The molecule has 1 unspecified atom stereocenters. The first kappa shape index (κ1) is 19.7. The van der Waals surface area contributed by atoms with Gasteiger partial charge in [-0.05, 0) is 67.8 Å². The summed E-state index contributed by atoms with van der Waals surface area (Å²) >= 11 is 0. The number of carbonyl (C=O) groups excluding carboxylic acids is 3. The maximum atomic E-state index is 13.8. The second-order valence-corrected chi connectivity index (χ2v) is 9.71. The highest BCUT2D eigenvalue weighted by Crippen LogP contribution is 2.59. The van der Waals surface area contributed by atoms with E-state index in [0.29, 0.717) is 23.3 Å². The van der Waals surface area contributed by atoms with Gasteiger partial charge >= 0.3 is 0 Å². The van der Waals surface area contributed by atoms with E-state index in [2.05, 4.69) is 5.32 Å². The lowest BCUT2D eigenvalue weighted by molar-refractivity contribution is -0.179. The van der Waals surface area contributed by atoms with Crippen molar-refractivity contribution in [1.82, 2.24) is 15.3 Å². The molecule has 1 heterocycles. The minimum atomic E-state index is -0.769. The smallest absolute Gasteiger partial charge is 0.265 e. The van der Waals surface area contributed by atoms with E-state index >= 15 is 0 Å². The van der Waals surface area contributed by atoms with Crippen LogP contribution in [0.3, 0.4) is 0 Å². The Kier molecular flexibility index (Phi) is 4.71. The normalized spacial score (nSPS) is 37.1. The van der Waals surface area contributed by atoms with Gasteiger partial charge in [-0.25, -0.2) is 5.06 Å². The molecule has 4 saturated carbocycles. The molecule has 1 aromatic carbocycles. The summed E-state index contributed by atoms with van der Waals surface area (Å²) in [5.74, 6) is 0.470. The predicted octanol–water partition coefficient (Wildman–Crippen LogP) is 1.60. The first-order chi connectivity index (χ1) is 14.4. The van der Waals surface area contributed by atoms with Crippen molar-refractivity contribution in [3.8, 4) is 0 Å². The Balaban J connectivity index is 1.51. The summed E-state index contributed by atoms with van der Waals surface area (Å²) in [4.78, 5) is 40.5. The van der Waals surface area contributed by atoms with Gasteiger partial charge in [0.05, 0.1) is 6.04 Å². The molecule has 1 atom stereocenters. The zero-order valence-corrected chi connectivity index (χ0v) is 17.3. The minimum Gasteiger partial charge on any atom is -0.291 e. The average molecular weight is 412 g/mol. The number of rotatable bonds is 4. The van der Waals surface area contributed by atoms with Crippen LogP contribution in [0.15, 0.2) is 30.3 Å². The van der Waals surface area contributed by atoms with Crippen LogP contribution in [0.25, 0.3) is 0 Å². The van der Waals surface area contributed by atoms with Gasteiger partial charge in [-0.15, -0.1) is 0 Å². The fourth-order valence-corrected chi connectivity index (χ4v) is 6.81. The molecule has 7 heteroatoms. The highest BCUT2D eigenvalue weighted by atomic mass is 16.5. The summed E-state index contributed by atoms with van der Waals surface area (Å²) in [7, 11) is 1.22. The molecule has 1 aromatic rings. The molecule has 3 amide bonds. The monoisotopic (exact) mass is 411 g/mol. The number of benzene rings is 1. The SMILES string of the molecule is CN(O)C(=O)CN1C(=O)C(Cc2ccccc2)NC2(C1=O)C1CC3CC(C1)CC2C3. The molecule has 0 aromatic heterocycles. The predicted molar refractivity (Wildman–Crippen MR) is 108 cm³/mol. The van der Waals surface area contributed by atoms with Crippen molar-refractivity contribution in [2.24, 2.45) is 23.7 Å². The van der Waals surface area contributed by atoms with Crippen molar-refractivity contribution in [2.45, 2.75) is 50.1 Å². The van der Waals surface area contributed by atoms with E-state index < -0.39 is 24.0 Å². The molecular weight excluding hydrogens is 382 g/mol. The molecule has 2 N–H and O–H groups in total. The van der Waals surface area contributed by atoms with Crippen LogP contribution >= 0.6 is 0 Å². The second-order valence-electron chi connectivity index (χ2n) is 9.71. The van der Waals surface area contributed by atoms with Crippen molar-refractivity contribution in [2.75, 3.05) is 13.6 Å². The number of hydrogen-bond acceptors (Lipinski definition) is 5. The molecule has 5 fully saturated rings. The molecule has 4 aliphatic carbocycles. The molecule has 5 aliphatic rings. The Morgan fingerprint density at radius 2 is 1.70 bits per heavy atom. The first-order valence-electron chi connectivity index (χ1n) is 11.0. The lowest BCUT2D eigenvalue weighted by Gasteiger charge is -2.63. The molecule has 0 radical (unpaired) electrons. The van der Waals surface area contributed by atoms with Gasteiger partial charge in [0.15, 0.2) is 0 Å². The lowest BCUT2D eigenvalue weighted by Crippen LogP contribution is -2.79. The third-order valence-electron chi connectivity index (χ3n) is 7.94. The van der Waals surface area contributed by atoms with Crippen LogP contribution in [0, 0.1) is 23.7 Å². The van der Waals surface area contributed by atoms with E-state index in [0.717, 1.165) is 36.1 Å². The Labute approximate surface area is 176 Å². The van der Waals surface area contributed by atoms with Crippen LogP contribution in [0.4, 0.5) is 0 Å². The third-order valence-corrected chi connectivity index (χ3v) is 7.94. The van der Waals surface area contributed by atoms with Crippen molar-refractivity contribution in [3.05, 3.63) is 35.9 Å². The number of amides is 3. The number of hydrogen-bond donors (Lipinski definition) is 2. The zero-order valence-electron chi connectivity index (χ0n) is 17.3. The van der Waals surface area contributed by atoms with Gasteiger partial charge in [-0.1, -0.05) is 30.3 Å². The Hall–Kier alpha value is -2.25. The average Bonchev–Trinajstić information content (AvgIpc) is 2.72. The number of nitrogens with one attached hydrogen (secondary N) is 1. The van der Waals surface area contributed by atoms with Gasteiger partial charge in [0, 0.05) is 7.05 Å². The summed E-state index contributed by atoms with van der Waals surface area (Å²) in [6.07, 6.45) is 5.79. The van der Waals surface area contributed by atoms with E-state index in [4.69, 9.17) is 0 Å². The summed E-state index contributed by atoms with van der Waals surface area (Å²) in [6, 6.07) is 9.21. The summed E-state index contributed by atoms with van der Waals surface area (Å²) in [6.45, 7) is -0.411. The number of nitrogens with zero attached hydrogens (tertiary/aromatic N) is 2. The van der Waals surface area contributed by atoms with Gasteiger partial charge in [0.25, 0.3) is 11.8 Å². The van der Waals surface area contributed by atoms with E-state index in [-0.39, 0.29) is 23.7 Å². The van der Waals surface area contributed by atoms with Gasteiger partial charge in [0.2, 0.25) is 5.91 Å². The summed E-state index contributed by atoms with van der Waals surface area (Å²) in [5, 5.41) is 13.6. The van der Waals surface area contributed by atoms with E-state index in [1.807, 2.05) is 30.3 Å². The van der Waals surface area contributed by atoms with Crippen LogP contribution in [-0.2, 0) is 20.8 Å². The van der Waals surface area contributed by atoms with Crippen molar-refractivity contribution in [1.29, 1.82) is 0 Å². The number of carbonyl (C=O) groups is 3. The number of likely N-dealkylation sites (N-methyl/N-ethyl adjacent to an activating group) is 1. The molecule has 1 spiro atoms. The van der Waals surface area contributed by atoms with Gasteiger partial charge < -0.3 is 0 Å². The van der Waals surface area contributed by atoms with Crippen molar-refractivity contribution < 1.29 is 19.6 Å². The van der Waals surface area contributed by atoms with Crippen LogP contribution in [0.2, 0.25) is 0 Å². The van der Waals surface area contributed by atoms with E-state index in [9.17, 15) is 19.6 Å². The van der Waals surface area contributed by atoms with Crippen LogP contribution in [0.1, 0.15) is 37.7 Å². The third kappa shape index (κ3) is 2.98. The van der Waals surface area contributed by atoms with E-state index in [1.165, 1.54) is 13.5 Å². The first-order valence-corrected chi connectivity index (χ1v) is 11.0. The molecule has 30 heavy (non-hydrogen) atoms. The second kappa shape index (κ2) is 7.17. The maximum Gasteiger partial charge on any atom is 0.265 e. The molecule has 160 valence electrons. The maximum absolute atomic E-state index is 13.8. The largest absolute Gasteiger partial charge is 0.291 e. The highest BCUT2D eigenvalue weighted by molar-refractivity contribution is 6.07. The molecule has 4 bridgehead atoms. The summed E-state index contributed by atoms with van der Waals surface area (Å²) in [5.41, 5.74) is 0.247. The Morgan fingerprint density at radius 3 is 2.27 bits per heavy atom. The Morgan fingerprint density at radius 1 is 1.10 bits per heavy atom. The lowest BCUT2D eigenvalue weighted by atomic mass is 9.47. The van der Waals surface area contributed by atoms with Gasteiger partial charge in [-0.3, -0.25) is 29.8 Å². The standard InChI is InChI=1S/C23H29N3O4/c1-25(30)20(27)13-26-21(28)19(12-14-5-3-2-4-6-14)24-23(22(26)29)17-8-15-7-16(10-17)11-18(23)9-15/h2-6,15-19,24,30H,7-13H2,1H3. The van der Waals surface area contributed by atoms with Crippen LogP contribution < -0.4 is 5.32 Å². The molecular formula is C23H29N3O4. The quantitative estimate of drug-likeness (QED) is 0.446. The van der Waals surface area contributed by atoms with Crippen molar-refractivity contribution >= 4 is 17.7 Å². The minimum absolute atomic E-state index is 0.206. The number of hydroxylamine groups is 2. The topological polar surface area (TPSA) is 89.9 Å². The fraction of sp³-hybridized carbons (Fsp3) is 0.609. The highest BCUT2D eigenvalue weighted by Gasteiger charge is 2.65. The summed E-state index contributed by atoms with van der Waals surface area (Å²) < 4.78 is 0.